The molecule has 1 heterocycles. The van der Waals surface area contributed by atoms with Crippen LogP contribution < -0.4 is 9.64 Å². The number of aliphatic carboxylic acids is 1. The molecule has 0 bridgehead atoms. The lowest BCUT2D eigenvalue weighted by molar-refractivity contribution is -0.139. The number of carbonyl (C=O) groups is 1. The van der Waals surface area contributed by atoms with E-state index in [-0.39, 0.29) is 18.6 Å². The Kier molecular flexibility index (Phi) is 6.29. The first-order valence-corrected chi connectivity index (χ1v) is 9.93. The predicted molar refractivity (Wildman–Crippen MR) is 109 cm³/mol. The van der Waals surface area contributed by atoms with Crippen molar-refractivity contribution in [2.45, 2.75) is 35.7 Å². The Morgan fingerprint density at radius 2 is 1.81 bits per heavy atom. The third-order valence-electron chi connectivity index (χ3n) is 4.92. The van der Waals surface area contributed by atoms with Gasteiger partial charge < -0.3 is 14.7 Å². The molecule has 3 rings (SSSR count). The van der Waals surface area contributed by atoms with Gasteiger partial charge in [-0.2, -0.15) is 0 Å². The zero-order chi connectivity index (χ0) is 19.4. The fraction of sp³-hybridized carbons (Fsp3) is 0.381. The van der Waals surface area contributed by atoms with Crippen LogP contribution in [-0.2, 0) is 4.79 Å². The normalized spacial score (nSPS) is 20.5. The number of methoxy groups -OCH3 is 1. The van der Waals surface area contributed by atoms with Crippen molar-refractivity contribution in [1.29, 1.82) is 0 Å². The number of ether oxygens (including phenoxy) is 1. The van der Waals surface area contributed by atoms with Gasteiger partial charge in [-0.05, 0) is 50.2 Å². The van der Waals surface area contributed by atoms with Gasteiger partial charge in [0.05, 0.1) is 19.3 Å². The van der Waals surface area contributed by atoms with E-state index in [2.05, 4.69) is 55.1 Å². The molecule has 0 radical (unpaired) electrons. The number of nitrogens with zero attached hydrogens (tertiary/aromatic N) is 2. The number of hydrogen-bond acceptors (Lipinski definition) is 5. The van der Waals surface area contributed by atoms with Crippen molar-refractivity contribution in [1.82, 2.24) is 4.90 Å². The van der Waals surface area contributed by atoms with Gasteiger partial charge in [-0.3, -0.25) is 9.69 Å². The first-order chi connectivity index (χ1) is 13.0. The molecule has 2 aromatic rings. The van der Waals surface area contributed by atoms with Gasteiger partial charge in [0.1, 0.15) is 5.75 Å². The van der Waals surface area contributed by atoms with E-state index in [4.69, 9.17) is 9.84 Å². The summed E-state index contributed by atoms with van der Waals surface area (Å²) in [6.07, 6.45) is 0. The molecule has 27 heavy (non-hydrogen) atoms. The van der Waals surface area contributed by atoms with Crippen molar-refractivity contribution in [3.8, 4) is 5.75 Å². The number of benzene rings is 2. The molecule has 1 N–H and O–H groups in total. The molecule has 0 saturated carbocycles. The van der Waals surface area contributed by atoms with Crippen molar-refractivity contribution >= 4 is 23.4 Å². The van der Waals surface area contributed by atoms with E-state index in [0.29, 0.717) is 0 Å². The average molecular weight is 387 g/mol. The van der Waals surface area contributed by atoms with Crippen LogP contribution in [0.5, 0.6) is 5.75 Å². The third-order valence-corrected chi connectivity index (χ3v) is 5.99. The fourth-order valence-electron chi connectivity index (χ4n) is 3.48. The number of piperazine rings is 1. The summed E-state index contributed by atoms with van der Waals surface area (Å²) in [6.45, 7) is 5.92. The molecule has 1 fully saturated rings. The Morgan fingerprint density at radius 1 is 1.11 bits per heavy atom. The van der Waals surface area contributed by atoms with Crippen LogP contribution in [-0.4, -0.2) is 54.8 Å². The van der Waals surface area contributed by atoms with Gasteiger partial charge >= 0.3 is 5.97 Å². The van der Waals surface area contributed by atoms with E-state index in [1.165, 1.54) is 10.6 Å². The Hall–Kier alpha value is -2.18. The second-order valence-electron chi connectivity index (χ2n) is 6.92. The van der Waals surface area contributed by atoms with Gasteiger partial charge in [-0.25, -0.2) is 0 Å². The van der Waals surface area contributed by atoms with Crippen molar-refractivity contribution in [2.75, 3.05) is 31.6 Å². The SMILES string of the molecule is COc1ccc(Sc2ccccc2N2C[C@H](C)N(CC(=O)O)C[C@H]2C)cc1. The lowest BCUT2D eigenvalue weighted by Crippen LogP contribution is -2.57. The topological polar surface area (TPSA) is 53.0 Å². The maximum atomic E-state index is 11.1. The molecule has 1 aliphatic heterocycles. The van der Waals surface area contributed by atoms with Crippen LogP contribution in [0.4, 0.5) is 5.69 Å². The second-order valence-corrected chi connectivity index (χ2v) is 8.03. The van der Waals surface area contributed by atoms with Crippen LogP contribution in [0, 0.1) is 0 Å². The van der Waals surface area contributed by atoms with Gasteiger partial charge in [0, 0.05) is 35.0 Å². The molecule has 5 nitrogen and oxygen atoms in total. The zero-order valence-corrected chi connectivity index (χ0v) is 16.8. The molecule has 0 amide bonds. The predicted octanol–water partition coefficient (Wildman–Crippen LogP) is 3.83. The minimum atomic E-state index is -0.766. The summed E-state index contributed by atoms with van der Waals surface area (Å²) in [7, 11) is 1.67. The fourth-order valence-corrected chi connectivity index (χ4v) is 4.44. The molecule has 0 aromatic heterocycles. The van der Waals surface area contributed by atoms with Crippen LogP contribution in [0.15, 0.2) is 58.3 Å². The zero-order valence-electron chi connectivity index (χ0n) is 16.0. The molecule has 144 valence electrons. The van der Waals surface area contributed by atoms with E-state index in [9.17, 15) is 4.79 Å². The van der Waals surface area contributed by atoms with Gasteiger partial charge in [-0.15, -0.1) is 0 Å². The third kappa shape index (κ3) is 4.76. The highest BCUT2D eigenvalue weighted by molar-refractivity contribution is 7.99. The Bertz CT molecular complexity index is 781. The summed E-state index contributed by atoms with van der Waals surface area (Å²) in [5.74, 6) is 0.0857. The molecule has 0 spiro atoms. The number of carboxylic acids is 1. The molecule has 6 heteroatoms. The number of hydrogen-bond donors (Lipinski definition) is 1. The van der Waals surface area contributed by atoms with Gasteiger partial charge in [0.2, 0.25) is 0 Å². The summed E-state index contributed by atoms with van der Waals surface area (Å²) in [4.78, 5) is 17.9. The Morgan fingerprint density at radius 3 is 2.48 bits per heavy atom. The lowest BCUT2D eigenvalue weighted by atomic mass is 10.1. The van der Waals surface area contributed by atoms with Crippen LogP contribution in [0.2, 0.25) is 0 Å². The van der Waals surface area contributed by atoms with E-state index in [1.54, 1.807) is 18.9 Å². The van der Waals surface area contributed by atoms with Gasteiger partial charge in [-0.1, -0.05) is 23.9 Å². The molecule has 2 atom stereocenters. The van der Waals surface area contributed by atoms with Crippen molar-refractivity contribution in [3.63, 3.8) is 0 Å². The molecule has 0 aliphatic carbocycles. The summed E-state index contributed by atoms with van der Waals surface area (Å²) in [5, 5.41) is 9.13. The second kappa shape index (κ2) is 8.67. The van der Waals surface area contributed by atoms with Crippen LogP contribution in [0.1, 0.15) is 13.8 Å². The Labute approximate surface area is 164 Å². The monoisotopic (exact) mass is 386 g/mol. The highest BCUT2D eigenvalue weighted by Gasteiger charge is 2.31. The van der Waals surface area contributed by atoms with Crippen molar-refractivity contribution in [2.24, 2.45) is 0 Å². The quantitative estimate of drug-likeness (QED) is 0.814. The standard InChI is InChI=1S/C21H26N2O3S/c1-15-13-23(16(2)12-22(15)14-21(24)25)19-6-4-5-7-20(19)27-18-10-8-17(26-3)9-11-18/h4-11,15-16H,12-14H2,1-3H3,(H,24,25)/t15-,16+/m0/s1. The largest absolute Gasteiger partial charge is 0.497 e. The summed E-state index contributed by atoms with van der Waals surface area (Å²) in [5.41, 5.74) is 1.20. The Balaban J connectivity index is 1.79. The van der Waals surface area contributed by atoms with E-state index in [1.807, 2.05) is 17.0 Å². The smallest absolute Gasteiger partial charge is 0.317 e. The molecule has 2 aromatic carbocycles. The highest BCUT2D eigenvalue weighted by atomic mass is 32.2. The first kappa shape index (κ1) is 19.6. The van der Waals surface area contributed by atoms with E-state index >= 15 is 0 Å². The molecule has 1 saturated heterocycles. The first-order valence-electron chi connectivity index (χ1n) is 9.11. The maximum absolute atomic E-state index is 11.1. The number of carboxylic acid groups (broad SMARTS) is 1. The van der Waals surface area contributed by atoms with Crippen LogP contribution in [0.3, 0.4) is 0 Å². The van der Waals surface area contributed by atoms with E-state index in [0.717, 1.165) is 23.7 Å². The number of para-hydroxylation sites is 1. The summed E-state index contributed by atoms with van der Waals surface area (Å²) >= 11 is 1.74. The minimum Gasteiger partial charge on any atom is -0.497 e. The minimum absolute atomic E-state index is 0.0988. The van der Waals surface area contributed by atoms with Crippen LogP contribution >= 0.6 is 11.8 Å². The van der Waals surface area contributed by atoms with E-state index < -0.39 is 5.97 Å². The molecule has 0 unspecified atom stereocenters. The van der Waals surface area contributed by atoms with Crippen molar-refractivity contribution in [3.05, 3.63) is 48.5 Å². The van der Waals surface area contributed by atoms with Gasteiger partial charge in [0.25, 0.3) is 0 Å². The molecule has 1 aliphatic rings. The highest BCUT2D eigenvalue weighted by Crippen LogP contribution is 2.37. The number of rotatable bonds is 6. The number of anilines is 1. The summed E-state index contributed by atoms with van der Waals surface area (Å²) < 4.78 is 5.24. The molecular formula is C21H26N2O3S. The van der Waals surface area contributed by atoms with Crippen molar-refractivity contribution < 1.29 is 14.6 Å². The lowest BCUT2D eigenvalue weighted by Gasteiger charge is -2.45. The maximum Gasteiger partial charge on any atom is 0.317 e. The summed E-state index contributed by atoms with van der Waals surface area (Å²) in [6, 6.07) is 16.9. The van der Waals surface area contributed by atoms with Gasteiger partial charge in [0.15, 0.2) is 0 Å². The molecular weight excluding hydrogens is 360 g/mol. The average Bonchev–Trinajstić information content (AvgIpc) is 2.65. The van der Waals surface area contributed by atoms with Crippen LogP contribution in [0.25, 0.3) is 0 Å².